The van der Waals surface area contributed by atoms with Gasteiger partial charge in [0.15, 0.2) is 0 Å². The van der Waals surface area contributed by atoms with E-state index in [-0.39, 0.29) is 23.1 Å². The van der Waals surface area contributed by atoms with Crippen molar-refractivity contribution in [3.8, 4) is 0 Å². The van der Waals surface area contributed by atoms with Gasteiger partial charge in [0.2, 0.25) is 0 Å². The predicted molar refractivity (Wildman–Crippen MR) is 86.3 cm³/mol. The molecule has 0 aliphatic carbocycles. The van der Waals surface area contributed by atoms with Gasteiger partial charge in [-0.15, -0.1) is 0 Å². The second-order valence-electron chi connectivity index (χ2n) is 5.73. The van der Waals surface area contributed by atoms with E-state index in [0.29, 0.717) is 18.7 Å². The Kier molecular flexibility index (Phi) is 4.29. The van der Waals surface area contributed by atoms with E-state index in [4.69, 9.17) is 0 Å². The fraction of sp³-hybridized carbons (Fsp3) is 0.438. The van der Waals surface area contributed by atoms with E-state index in [9.17, 15) is 9.59 Å². The summed E-state index contributed by atoms with van der Waals surface area (Å²) in [7, 11) is 0. The van der Waals surface area contributed by atoms with Gasteiger partial charge in [0.25, 0.3) is 11.5 Å². The monoisotopic (exact) mass is 315 g/mol. The lowest BCUT2D eigenvalue weighted by Crippen LogP contribution is -2.51. The number of aryl methyl sites for hydroxylation is 1. The number of pyridine rings is 1. The average Bonchev–Trinajstić information content (AvgIpc) is 3.08. The maximum absolute atomic E-state index is 12.8. The second kappa shape index (κ2) is 6.37. The lowest BCUT2D eigenvalue weighted by molar-refractivity contribution is 0.0477. The Morgan fingerprint density at radius 3 is 2.83 bits per heavy atom. The quantitative estimate of drug-likeness (QED) is 0.882. The third-order valence-electron chi connectivity index (χ3n) is 4.40. The molecular weight excluding hydrogens is 294 g/mol. The van der Waals surface area contributed by atoms with Gasteiger partial charge in [0.05, 0.1) is 6.04 Å². The highest BCUT2D eigenvalue weighted by Gasteiger charge is 2.32. The zero-order valence-electron chi connectivity index (χ0n) is 13.4. The van der Waals surface area contributed by atoms with Crippen molar-refractivity contribution in [2.75, 3.05) is 26.2 Å². The number of hydrogen-bond acceptors (Lipinski definition) is 4. The Labute approximate surface area is 134 Å². The number of carbonyl (C=O) groups excluding carboxylic acids is 1. The third kappa shape index (κ3) is 2.92. The smallest absolute Gasteiger partial charge is 0.261 e. The first-order valence-corrected chi connectivity index (χ1v) is 7.82. The molecule has 0 saturated carbocycles. The van der Waals surface area contributed by atoms with Gasteiger partial charge in [-0.1, -0.05) is 6.92 Å². The summed E-state index contributed by atoms with van der Waals surface area (Å²) in [6.45, 7) is 6.66. The highest BCUT2D eigenvalue weighted by molar-refractivity contribution is 5.95. The van der Waals surface area contributed by atoms with Gasteiger partial charge in [0.1, 0.15) is 11.4 Å². The maximum atomic E-state index is 12.8. The van der Waals surface area contributed by atoms with Crippen molar-refractivity contribution >= 4 is 5.91 Å². The number of aromatic nitrogens is 3. The molecule has 0 bridgehead atoms. The molecule has 23 heavy (non-hydrogen) atoms. The van der Waals surface area contributed by atoms with Crippen molar-refractivity contribution in [3.63, 3.8) is 0 Å². The van der Waals surface area contributed by atoms with Crippen LogP contribution in [-0.2, 0) is 0 Å². The number of carbonyl (C=O) groups is 1. The molecule has 3 heterocycles. The van der Waals surface area contributed by atoms with Gasteiger partial charge in [-0.2, -0.15) is 0 Å². The van der Waals surface area contributed by atoms with E-state index in [1.165, 1.54) is 0 Å². The molecular formula is C16H21N5O2. The second-order valence-corrected chi connectivity index (χ2v) is 5.73. The topological polar surface area (TPSA) is 85.1 Å². The number of piperazine rings is 1. The standard InChI is InChI=1S/C16H21N5O2/c1-3-20-8-9-21(10-12(20)14-17-6-7-18-14)16(23)13-11(2)4-5-19-15(13)22/h4-7,12H,3,8-10H2,1-2H3,(H,17,18)(H,19,22). The van der Waals surface area contributed by atoms with Crippen LogP contribution in [0.4, 0.5) is 0 Å². The molecule has 1 unspecified atom stereocenters. The Morgan fingerprint density at radius 2 is 2.17 bits per heavy atom. The summed E-state index contributed by atoms with van der Waals surface area (Å²) in [5.41, 5.74) is 0.601. The van der Waals surface area contributed by atoms with E-state index in [1.807, 2.05) is 0 Å². The number of likely N-dealkylation sites (N-methyl/N-ethyl adjacent to an activating group) is 1. The summed E-state index contributed by atoms with van der Waals surface area (Å²) in [4.78, 5) is 38.9. The molecule has 1 aliphatic heterocycles. The van der Waals surface area contributed by atoms with E-state index < -0.39 is 0 Å². The number of nitrogens with one attached hydrogen (secondary N) is 2. The number of aromatic amines is 2. The molecule has 1 aliphatic rings. The fourth-order valence-corrected chi connectivity index (χ4v) is 3.10. The van der Waals surface area contributed by atoms with Gasteiger partial charge in [-0.05, 0) is 25.1 Å². The highest BCUT2D eigenvalue weighted by Crippen LogP contribution is 2.23. The molecule has 7 heteroatoms. The van der Waals surface area contributed by atoms with Crippen LogP contribution in [0.25, 0.3) is 0 Å². The normalized spacial score (nSPS) is 19.0. The van der Waals surface area contributed by atoms with Crippen molar-refractivity contribution in [2.45, 2.75) is 19.9 Å². The Bertz CT molecular complexity index is 737. The lowest BCUT2D eigenvalue weighted by atomic mass is 10.1. The van der Waals surface area contributed by atoms with Crippen LogP contribution in [0.15, 0.2) is 29.5 Å². The SMILES string of the molecule is CCN1CCN(C(=O)c2c(C)cc[nH]c2=O)CC1c1ncc[nH]1. The minimum absolute atomic E-state index is 0.0239. The first kappa shape index (κ1) is 15.5. The number of rotatable bonds is 3. The molecule has 1 amide bonds. The van der Waals surface area contributed by atoms with Crippen LogP contribution in [0.3, 0.4) is 0 Å². The van der Waals surface area contributed by atoms with E-state index in [2.05, 4.69) is 26.8 Å². The Morgan fingerprint density at radius 1 is 1.35 bits per heavy atom. The van der Waals surface area contributed by atoms with Crippen LogP contribution in [0.2, 0.25) is 0 Å². The molecule has 0 spiro atoms. The first-order chi connectivity index (χ1) is 11.1. The van der Waals surface area contributed by atoms with Gasteiger partial charge >= 0.3 is 0 Å². The van der Waals surface area contributed by atoms with Crippen LogP contribution < -0.4 is 5.56 Å². The maximum Gasteiger partial charge on any atom is 0.261 e. The fourth-order valence-electron chi connectivity index (χ4n) is 3.10. The number of nitrogens with zero attached hydrogens (tertiary/aromatic N) is 3. The first-order valence-electron chi connectivity index (χ1n) is 7.82. The van der Waals surface area contributed by atoms with Gasteiger partial charge in [0, 0.05) is 38.2 Å². The Hall–Kier alpha value is -2.41. The highest BCUT2D eigenvalue weighted by atomic mass is 16.2. The van der Waals surface area contributed by atoms with Crippen LogP contribution >= 0.6 is 0 Å². The molecule has 7 nitrogen and oxygen atoms in total. The molecule has 2 aromatic rings. The molecule has 0 radical (unpaired) electrons. The van der Waals surface area contributed by atoms with Crippen molar-refractivity contribution in [2.24, 2.45) is 0 Å². The summed E-state index contributed by atoms with van der Waals surface area (Å²) in [6, 6.07) is 1.77. The van der Waals surface area contributed by atoms with Crippen LogP contribution in [0, 0.1) is 6.92 Å². The van der Waals surface area contributed by atoms with Crippen molar-refractivity contribution in [3.05, 3.63) is 52.0 Å². The summed E-state index contributed by atoms with van der Waals surface area (Å²) in [5, 5.41) is 0. The molecule has 1 fully saturated rings. The van der Waals surface area contributed by atoms with E-state index in [0.717, 1.165) is 18.9 Å². The molecule has 0 aromatic carbocycles. The Balaban J connectivity index is 1.87. The summed E-state index contributed by atoms with van der Waals surface area (Å²) >= 11 is 0. The van der Waals surface area contributed by atoms with Crippen LogP contribution in [0.5, 0.6) is 0 Å². The van der Waals surface area contributed by atoms with Gasteiger partial charge in [-0.25, -0.2) is 4.98 Å². The molecule has 2 N–H and O–H groups in total. The van der Waals surface area contributed by atoms with E-state index >= 15 is 0 Å². The zero-order chi connectivity index (χ0) is 16.4. The minimum Gasteiger partial charge on any atom is -0.347 e. The van der Waals surface area contributed by atoms with Crippen molar-refractivity contribution in [1.82, 2.24) is 24.8 Å². The van der Waals surface area contributed by atoms with Crippen LogP contribution in [0.1, 0.15) is 34.7 Å². The molecule has 1 saturated heterocycles. The van der Waals surface area contributed by atoms with Crippen LogP contribution in [-0.4, -0.2) is 56.8 Å². The number of amides is 1. The largest absolute Gasteiger partial charge is 0.347 e. The third-order valence-corrected chi connectivity index (χ3v) is 4.40. The lowest BCUT2D eigenvalue weighted by Gasteiger charge is -2.40. The summed E-state index contributed by atoms with van der Waals surface area (Å²) < 4.78 is 0. The van der Waals surface area contributed by atoms with E-state index in [1.54, 1.807) is 36.5 Å². The number of hydrogen-bond donors (Lipinski definition) is 2. The van der Waals surface area contributed by atoms with Crippen molar-refractivity contribution in [1.29, 1.82) is 0 Å². The summed E-state index contributed by atoms with van der Waals surface area (Å²) in [6.07, 6.45) is 5.07. The molecule has 1 atom stereocenters. The predicted octanol–water partition coefficient (Wildman–Crippen LogP) is 0.925. The summed E-state index contributed by atoms with van der Waals surface area (Å²) in [5.74, 6) is 0.639. The molecule has 2 aromatic heterocycles. The van der Waals surface area contributed by atoms with Crippen molar-refractivity contribution < 1.29 is 4.79 Å². The zero-order valence-corrected chi connectivity index (χ0v) is 13.4. The molecule has 3 rings (SSSR count). The average molecular weight is 315 g/mol. The van der Waals surface area contributed by atoms with Gasteiger partial charge < -0.3 is 14.9 Å². The minimum atomic E-state index is -0.331. The number of H-pyrrole nitrogens is 2. The molecule has 122 valence electrons. The number of imidazole rings is 1. The van der Waals surface area contributed by atoms with Gasteiger partial charge in [-0.3, -0.25) is 14.5 Å².